The van der Waals surface area contributed by atoms with E-state index in [0.29, 0.717) is 24.7 Å². The van der Waals surface area contributed by atoms with Crippen molar-refractivity contribution in [2.75, 3.05) is 32.8 Å². The van der Waals surface area contributed by atoms with Gasteiger partial charge in [0.1, 0.15) is 0 Å². The molecule has 1 rings (SSSR count). The summed E-state index contributed by atoms with van der Waals surface area (Å²) in [6.07, 6.45) is -0.236. The maximum atomic E-state index is 11.5. The number of ether oxygens (including phenoxy) is 1. The Hall–Kier alpha value is -0.880. The molecule has 0 aromatic heterocycles. The van der Waals surface area contributed by atoms with Crippen LogP contribution in [0.4, 0.5) is 4.79 Å². The molecule has 5 nitrogen and oxygen atoms in total. The lowest BCUT2D eigenvalue weighted by atomic mass is 10.0. The predicted molar refractivity (Wildman–Crippen MR) is 71.0 cm³/mol. The van der Waals surface area contributed by atoms with Gasteiger partial charge in [-0.25, -0.2) is 4.79 Å². The summed E-state index contributed by atoms with van der Waals surface area (Å²) in [6, 6.07) is 0. The van der Waals surface area contributed by atoms with E-state index in [1.807, 2.05) is 20.8 Å². The van der Waals surface area contributed by atoms with Gasteiger partial charge in [-0.05, 0) is 20.8 Å². The van der Waals surface area contributed by atoms with Gasteiger partial charge in [0.15, 0.2) is 0 Å². The highest BCUT2D eigenvalue weighted by atomic mass is 32.1. The number of hydrogen-bond donors (Lipinski definition) is 1. The van der Waals surface area contributed by atoms with Crippen LogP contribution >= 0.6 is 12.2 Å². The van der Waals surface area contributed by atoms with Crippen molar-refractivity contribution in [3.8, 4) is 0 Å². The van der Waals surface area contributed by atoms with Gasteiger partial charge in [-0.2, -0.15) is 0 Å². The first kappa shape index (κ1) is 14.2. The second-order valence-corrected chi connectivity index (χ2v) is 5.04. The highest BCUT2D eigenvalue weighted by Crippen LogP contribution is 2.17. The van der Waals surface area contributed by atoms with Gasteiger partial charge in [0.2, 0.25) is 0 Å². The molecular formula is C11H21N3O2S. The quantitative estimate of drug-likeness (QED) is 0.761. The molecule has 0 atom stereocenters. The minimum Gasteiger partial charge on any atom is -0.450 e. The zero-order valence-electron chi connectivity index (χ0n) is 10.7. The van der Waals surface area contributed by atoms with E-state index in [-0.39, 0.29) is 11.6 Å². The van der Waals surface area contributed by atoms with Crippen molar-refractivity contribution in [1.82, 2.24) is 9.80 Å². The third-order valence-corrected chi connectivity index (χ3v) is 3.70. The molecule has 17 heavy (non-hydrogen) atoms. The number of thiocarbonyl (C=S) groups is 1. The number of piperazine rings is 1. The van der Waals surface area contributed by atoms with E-state index < -0.39 is 0 Å². The molecule has 0 saturated carbocycles. The molecule has 1 aliphatic heterocycles. The Labute approximate surface area is 108 Å². The SMILES string of the molecule is CCOC(=O)N1CCN(C(C)(C)C(N)=S)CC1. The summed E-state index contributed by atoms with van der Waals surface area (Å²) in [7, 11) is 0. The van der Waals surface area contributed by atoms with Crippen molar-refractivity contribution in [3.05, 3.63) is 0 Å². The molecule has 6 heteroatoms. The zero-order chi connectivity index (χ0) is 13.1. The van der Waals surface area contributed by atoms with Crippen LogP contribution in [-0.4, -0.2) is 59.2 Å². The summed E-state index contributed by atoms with van der Waals surface area (Å²) in [5.41, 5.74) is 5.43. The first-order valence-electron chi connectivity index (χ1n) is 5.86. The average Bonchev–Trinajstić information content (AvgIpc) is 2.29. The van der Waals surface area contributed by atoms with Gasteiger partial charge < -0.3 is 15.4 Å². The largest absolute Gasteiger partial charge is 0.450 e. The van der Waals surface area contributed by atoms with Gasteiger partial charge in [-0.1, -0.05) is 12.2 Å². The molecule has 0 aromatic rings. The van der Waals surface area contributed by atoms with Crippen LogP contribution in [0.25, 0.3) is 0 Å². The standard InChI is InChI=1S/C11H21N3O2S/c1-4-16-10(15)13-5-7-14(8-6-13)11(2,3)9(12)17/h4-8H2,1-3H3,(H2,12,17). The van der Waals surface area contributed by atoms with Gasteiger partial charge >= 0.3 is 6.09 Å². The number of rotatable bonds is 3. The molecule has 0 radical (unpaired) electrons. The summed E-state index contributed by atoms with van der Waals surface area (Å²) < 4.78 is 4.97. The first-order valence-corrected chi connectivity index (χ1v) is 6.27. The molecule has 1 saturated heterocycles. The van der Waals surface area contributed by atoms with E-state index in [2.05, 4.69) is 4.90 Å². The lowest BCUT2D eigenvalue weighted by molar-refractivity contribution is 0.0611. The Morgan fingerprint density at radius 2 is 1.88 bits per heavy atom. The summed E-state index contributed by atoms with van der Waals surface area (Å²) >= 11 is 5.07. The van der Waals surface area contributed by atoms with Crippen LogP contribution in [0.1, 0.15) is 20.8 Å². The Balaban J connectivity index is 2.51. The number of amides is 1. The minimum absolute atomic E-state index is 0.236. The van der Waals surface area contributed by atoms with E-state index in [1.165, 1.54) is 0 Å². The highest BCUT2D eigenvalue weighted by molar-refractivity contribution is 7.80. The molecule has 1 amide bonds. The van der Waals surface area contributed by atoms with Crippen LogP contribution in [0.15, 0.2) is 0 Å². The molecule has 0 spiro atoms. The van der Waals surface area contributed by atoms with E-state index in [4.69, 9.17) is 22.7 Å². The second kappa shape index (κ2) is 5.64. The number of nitrogens with zero attached hydrogens (tertiary/aromatic N) is 2. The number of carbonyl (C=O) groups excluding carboxylic acids is 1. The Bertz CT molecular complexity index is 299. The third kappa shape index (κ3) is 3.29. The lowest BCUT2D eigenvalue weighted by Crippen LogP contribution is -2.59. The van der Waals surface area contributed by atoms with Crippen molar-refractivity contribution < 1.29 is 9.53 Å². The van der Waals surface area contributed by atoms with Crippen LogP contribution in [0.3, 0.4) is 0 Å². The second-order valence-electron chi connectivity index (χ2n) is 4.60. The van der Waals surface area contributed by atoms with E-state index in [9.17, 15) is 4.79 Å². The van der Waals surface area contributed by atoms with Crippen molar-refractivity contribution in [2.45, 2.75) is 26.3 Å². The Kier molecular flexibility index (Phi) is 4.70. The van der Waals surface area contributed by atoms with Gasteiger partial charge in [0, 0.05) is 26.2 Å². The summed E-state index contributed by atoms with van der Waals surface area (Å²) in [6.45, 7) is 9.09. The zero-order valence-corrected chi connectivity index (χ0v) is 11.5. The number of carbonyl (C=O) groups is 1. The molecule has 0 unspecified atom stereocenters. The average molecular weight is 259 g/mol. The van der Waals surface area contributed by atoms with E-state index >= 15 is 0 Å². The van der Waals surface area contributed by atoms with Crippen molar-refractivity contribution in [1.29, 1.82) is 0 Å². The molecule has 0 aliphatic carbocycles. The van der Waals surface area contributed by atoms with Crippen molar-refractivity contribution in [3.63, 3.8) is 0 Å². The fraction of sp³-hybridized carbons (Fsp3) is 0.818. The monoisotopic (exact) mass is 259 g/mol. The molecule has 1 heterocycles. The molecule has 1 aliphatic rings. The fourth-order valence-electron chi connectivity index (χ4n) is 1.82. The van der Waals surface area contributed by atoms with Gasteiger partial charge in [-0.3, -0.25) is 4.90 Å². The predicted octanol–water partition coefficient (Wildman–Crippen LogP) is 0.825. The van der Waals surface area contributed by atoms with Crippen LogP contribution in [0.2, 0.25) is 0 Å². The minimum atomic E-state index is -0.296. The molecular weight excluding hydrogens is 238 g/mol. The first-order chi connectivity index (χ1) is 7.89. The fourth-order valence-corrected chi connectivity index (χ4v) is 1.95. The number of hydrogen-bond acceptors (Lipinski definition) is 4. The summed E-state index contributed by atoms with van der Waals surface area (Å²) in [5.74, 6) is 0. The van der Waals surface area contributed by atoms with Crippen LogP contribution < -0.4 is 5.73 Å². The van der Waals surface area contributed by atoms with Crippen LogP contribution in [0.5, 0.6) is 0 Å². The van der Waals surface area contributed by atoms with Crippen molar-refractivity contribution >= 4 is 23.3 Å². The smallest absolute Gasteiger partial charge is 0.409 e. The van der Waals surface area contributed by atoms with Gasteiger partial charge in [0.05, 0.1) is 17.1 Å². The third-order valence-electron chi connectivity index (χ3n) is 3.20. The molecule has 2 N–H and O–H groups in total. The maximum Gasteiger partial charge on any atom is 0.409 e. The lowest BCUT2D eigenvalue weighted by Gasteiger charge is -2.43. The molecule has 0 bridgehead atoms. The van der Waals surface area contributed by atoms with Gasteiger partial charge in [0.25, 0.3) is 0 Å². The maximum absolute atomic E-state index is 11.5. The molecule has 0 aromatic carbocycles. The van der Waals surface area contributed by atoms with Crippen molar-refractivity contribution in [2.24, 2.45) is 5.73 Å². The van der Waals surface area contributed by atoms with E-state index in [0.717, 1.165) is 13.1 Å². The Morgan fingerprint density at radius 3 is 2.29 bits per heavy atom. The topological polar surface area (TPSA) is 58.8 Å². The van der Waals surface area contributed by atoms with Crippen LogP contribution in [-0.2, 0) is 4.74 Å². The van der Waals surface area contributed by atoms with Crippen LogP contribution in [0, 0.1) is 0 Å². The summed E-state index contributed by atoms with van der Waals surface area (Å²) in [5, 5.41) is 0. The normalized spacial score (nSPS) is 17.9. The highest BCUT2D eigenvalue weighted by Gasteiger charge is 2.33. The summed E-state index contributed by atoms with van der Waals surface area (Å²) in [4.78, 5) is 15.9. The van der Waals surface area contributed by atoms with Gasteiger partial charge in [-0.15, -0.1) is 0 Å². The Morgan fingerprint density at radius 1 is 1.35 bits per heavy atom. The van der Waals surface area contributed by atoms with E-state index in [1.54, 1.807) is 4.90 Å². The number of nitrogens with two attached hydrogens (primary N) is 1. The molecule has 98 valence electrons. The molecule has 1 fully saturated rings.